The van der Waals surface area contributed by atoms with Gasteiger partial charge < -0.3 is 19.3 Å². The number of aromatic nitrogens is 3. The number of pyridine rings is 2. The van der Waals surface area contributed by atoms with Crippen molar-refractivity contribution in [3.8, 4) is 22.6 Å². The Morgan fingerprint density at radius 3 is 2.51 bits per heavy atom. The predicted molar refractivity (Wildman–Crippen MR) is 136 cm³/mol. The van der Waals surface area contributed by atoms with Crippen LogP contribution in [0.4, 0.5) is 5.69 Å². The van der Waals surface area contributed by atoms with Crippen LogP contribution in [0.5, 0.6) is 11.5 Å². The summed E-state index contributed by atoms with van der Waals surface area (Å²) >= 11 is 0. The van der Waals surface area contributed by atoms with E-state index in [0.717, 1.165) is 61.9 Å². The zero-order chi connectivity index (χ0) is 24.2. The fourth-order valence-corrected chi connectivity index (χ4v) is 4.08. The van der Waals surface area contributed by atoms with Gasteiger partial charge >= 0.3 is 0 Å². The van der Waals surface area contributed by atoms with Gasteiger partial charge in [0.1, 0.15) is 23.9 Å². The molecule has 0 unspecified atom stereocenters. The summed E-state index contributed by atoms with van der Waals surface area (Å²) in [6.45, 7) is 4.85. The van der Waals surface area contributed by atoms with Crippen LogP contribution in [0.1, 0.15) is 22.7 Å². The Kier molecular flexibility index (Phi) is 6.30. The molecule has 0 amide bonds. The lowest BCUT2D eigenvalue weighted by Gasteiger charge is -2.15. The topological polar surface area (TPSA) is 82.3 Å². The number of nitrogens with one attached hydrogen (secondary N) is 1. The number of benzene rings is 2. The van der Waals surface area contributed by atoms with E-state index in [1.165, 1.54) is 0 Å². The van der Waals surface area contributed by atoms with Gasteiger partial charge in [-0.3, -0.25) is 9.97 Å². The maximum absolute atomic E-state index is 6.38. The lowest BCUT2D eigenvalue weighted by Crippen LogP contribution is -2.03. The zero-order valence-corrected chi connectivity index (χ0v) is 19.9. The van der Waals surface area contributed by atoms with Crippen LogP contribution >= 0.6 is 0 Å². The molecule has 0 spiro atoms. The second-order valence-electron chi connectivity index (χ2n) is 8.23. The molecule has 0 radical (unpaired) electrons. The van der Waals surface area contributed by atoms with Gasteiger partial charge in [0, 0.05) is 29.0 Å². The van der Waals surface area contributed by atoms with Crippen molar-refractivity contribution in [2.24, 2.45) is 0 Å². The van der Waals surface area contributed by atoms with Crippen molar-refractivity contribution in [1.29, 1.82) is 0 Å². The average molecular weight is 467 g/mol. The fraction of sp³-hybridized carbons (Fsp3) is 0.179. The van der Waals surface area contributed by atoms with Gasteiger partial charge in [0.2, 0.25) is 0 Å². The number of fused-ring (bicyclic) bond motifs is 1. The number of methoxy groups -OCH3 is 1. The Morgan fingerprint density at radius 1 is 0.943 bits per heavy atom. The molecule has 7 nitrogen and oxygen atoms in total. The zero-order valence-electron chi connectivity index (χ0n) is 19.9. The van der Waals surface area contributed by atoms with Gasteiger partial charge in [0.15, 0.2) is 0 Å². The number of aryl methyl sites for hydroxylation is 2. The Balaban J connectivity index is 1.53. The van der Waals surface area contributed by atoms with E-state index < -0.39 is 0 Å². The molecule has 5 aromatic rings. The lowest BCUT2D eigenvalue weighted by atomic mass is 10.00. The highest BCUT2D eigenvalue weighted by Gasteiger charge is 2.19. The van der Waals surface area contributed by atoms with Crippen molar-refractivity contribution in [3.63, 3.8) is 0 Å². The van der Waals surface area contributed by atoms with E-state index in [2.05, 4.69) is 20.4 Å². The molecule has 0 aliphatic heterocycles. The Hall–Kier alpha value is -4.39. The standard InChI is InChI=1S/C28H26N4O3/c1-18-28(19(2)35-32-18)24-14-26-23(15-27(24)34-17-20-7-9-22(33-3)10-8-20)25(11-13-30-26)31-16-21-6-4-5-12-29-21/h4-15H,16-17H2,1-3H3,(H,30,31). The highest BCUT2D eigenvalue weighted by molar-refractivity contribution is 5.96. The third-order valence-electron chi connectivity index (χ3n) is 5.89. The maximum atomic E-state index is 6.38. The number of hydrogen-bond acceptors (Lipinski definition) is 7. The van der Waals surface area contributed by atoms with Crippen LogP contribution in [0, 0.1) is 13.8 Å². The molecule has 3 aromatic heterocycles. The van der Waals surface area contributed by atoms with Gasteiger partial charge in [0.25, 0.3) is 0 Å². The molecule has 0 saturated carbocycles. The van der Waals surface area contributed by atoms with Crippen LogP contribution < -0.4 is 14.8 Å². The van der Waals surface area contributed by atoms with Crippen molar-refractivity contribution in [2.45, 2.75) is 27.0 Å². The number of nitrogens with zero attached hydrogens (tertiary/aromatic N) is 3. The summed E-state index contributed by atoms with van der Waals surface area (Å²) in [5, 5.41) is 8.60. The average Bonchev–Trinajstić information content (AvgIpc) is 3.24. The molecule has 0 bridgehead atoms. The molecule has 2 aromatic carbocycles. The normalized spacial score (nSPS) is 10.9. The summed E-state index contributed by atoms with van der Waals surface area (Å²) < 4.78 is 17.1. The molecule has 0 saturated heterocycles. The minimum absolute atomic E-state index is 0.406. The maximum Gasteiger partial charge on any atom is 0.141 e. The Labute approximate surface area is 203 Å². The van der Waals surface area contributed by atoms with Crippen molar-refractivity contribution in [1.82, 2.24) is 15.1 Å². The summed E-state index contributed by atoms with van der Waals surface area (Å²) in [4.78, 5) is 9.03. The highest BCUT2D eigenvalue weighted by atomic mass is 16.5. The van der Waals surface area contributed by atoms with Crippen LogP contribution in [0.2, 0.25) is 0 Å². The summed E-state index contributed by atoms with van der Waals surface area (Å²) in [5.41, 5.74) is 6.43. The van der Waals surface area contributed by atoms with Gasteiger partial charge in [0.05, 0.1) is 36.1 Å². The molecule has 35 heavy (non-hydrogen) atoms. The number of rotatable bonds is 8. The van der Waals surface area contributed by atoms with Crippen molar-refractivity contribution in [3.05, 3.63) is 95.8 Å². The highest BCUT2D eigenvalue weighted by Crippen LogP contribution is 2.39. The number of ether oxygens (including phenoxy) is 2. The number of anilines is 1. The quantitative estimate of drug-likeness (QED) is 0.296. The van der Waals surface area contributed by atoms with Crippen LogP contribution in [0.25, 0.3) is 22.0 Å². The molecule has 3 heterocycles. The van der Waals surface area contributed by atoms with Gasteiger partial charge in [-0.15, -0.1) is 0 Å². The molecule has 1 N–H and O–H groups in total. The first-order valence-corrected chi connectivity index (χ1v) is 11.4. The molecule has 0 atom stereocenters. The van der Waals surface area contributed by atoms with Gasteiger partial charge in [-0.25, -0.2) is 0 Å². The van der Waals surface area contributed by atoms with Crippen LogP contribution in [0.3, 0.4) is 0 Å². The third-order valence-corrected chi connectivity index (χ3v) is 5.89. The van der Waals surface area contributed by atoms with Crippen LogP contribution in [0.15, 0.2) is 77.6 Å². The first-order chi connectivity index (χ1) is 17.1. The van der Waals surface area contributed by atoms with Crippen LogP contribution in [-0.4, -0.2) is 22.2 Å². The lowest BCUT2D eigenvalue weighted by molar-refractivity contribution is 0.307. The first-order valence-electron chi connectivity index (χ1n) is 11.4. The number of hydrogen-bond donors (Lipinski definition) is 1. The third kappa shape index (κ3) is 4.80. The van der Waals surface area contributed by atoms with Crippen molar-refractivity contribution in [2.75, 3.05) is 12.4 Å². The Bertz CT molecular complexity index is 1430. The summed E-state index contributed by atoms with van der Waals surface area (Å²) in [5.74, 6) is 2.28. The molecule has 0 aliphatic rings. The van der Waals surface area contributed by atoms with E-state index in [1.54, 1.807) is 19.5 Å². The summed E-state index contributed by atoms with van der Waals surface area (Å²) in [6.07, 6.45) is 3.60. The van der Waals surface area contributed by atoms with E-state index in [-0.39, 0.29) is 0 Å². The molecule has 5 rings (SSSR count). The van der Waals surface area contributed by atoms with Crippen molar-refractivity contribution >= 4 is 16.6 Å². The van der Waals surface area contributed by atoms with Gasteiger partial charge in [-0.05, 0) is 61.9 Å². The second-order valence-corrected chi connectivity index (χ2v) is 8.23. The van der Waals surface area contributed by atoms with E-state index in [4.69, 9.17) is 14.0 Å². The van der Waals surface area contributed by atoms with E-state index in [9.17, 15) is 0 Å². The van der Waals surface area contributed by atoms with Crippen molar-refractivity contribution < 1.29 is 14.0 Å². The van der Waals surface area contributed by atoms with Gasteiger partial charge in [-0.1, -0.05) is 23.4 Å². The van der Waals surface area contributed by atoms with E-state index >= 15 is 0 Å². The molecular formula is C28H26N4O3. The molecule has 0 aliphatic carbocycles. The molecular weight excluding hydrogens is 440 g/mol. The SMILES string of the molecule is COc1ccc(COc2cc3c(NCc4ccccn4)ccnc3cc2-c2c(C)noc2C)cc1. The molecule has 0 fully saturated rings. The van der Waals surface area contributed by atoms with E-state index in [0.29, 0.717) is 13.2 Å². The minimum Gasteiger partial charge on any atom is -0.497 e. The fourth-order valence-electron chi connectivity index (χ4n) is 4.08. The van der Waals surface area contributed by atoms with E-state index in [1.807, 2.05) is 74.5 Å². The largest absolute Gasteiger partial charge is 0.497 e. The minimum atomic E-state index is 0.406. The summed E-state index contributed by atoms with van der Waals surface area (Å²) in [6, 6.07) is 19.8. The Morgan fingerprint density at radius 2 is 1.80 bits per heavy atom. The first kappa shape index (κ1) is 22.4. The monoisotopic (exact) mass is 466 g/mol. The smallest absolute Gasteiger partial charge is 0.141 e. The molecule has 7 heteroatoms. The molecule has 176 valence electrons. The second kappa shape index (κ2) is 9.85. The van der Waals surface area contributed by atoms with Crippen LogP contribution in [-0.2, 0) is 13.2 Å². The summed E-state index contributed by atoms with van der Waals surface area (Å²) in [7, 11) is 1.66. The predicted octanol–water partition coefficient (Wildman–Crippen LogP) is 6.10. The van der Waals surface area contributed by atoms with Gasteiger partial charge in [-0.2, -0.15) is 0 Å².